The number of hydrogen-bond donors (Lipinski definition) is 1. The molecule has 0 fully saturated rings. The van der Waals surface area contributed by atoms with Gasteiger partial charge in [-0.1, -0.05) is 15.9 Å². The monoisotopic (exact) mass is 375 g/mol. The molecule has 0 aliphatic heterocycles. The molecule has 2 rings (SSSR count). The van der Waals surface area contributed by atoms with E-state index < -0.39 is 28.0 Å². The number of benzene rings is 1. The van der Waals surface area contributed by atoms with Crippen molar-refractivity contribution in [1.82, 2.24) is 9.97 Å². The van der Waals surface area contributed by atoms with Gasteiger partial charge in [-0.3, -0.25) is 4.79 Å². The average molecular weight is 376 g/mol. The minimum Gasteiger partial charge on any atom is -0.431 e. The van der Waals surface area contributed by atoms with E-state index in [4.69, 9.17) is 4.74 Å². The van der Waals surface area contributed by atoms with Gasteiger partial charge in [-0.05, 0) is 6.92 Å². The van der Waals surface area contributed by atoms with Crippen LogP contribution in [0.25, 0.3) is 0 Å². The van der Waals surface area contributed by atoms with Crippen LogP contribution in [0.2, 0.25) is 0 Å². The zero-order chi connectivity index (χ0) is 16.3. The van der Waals surface area contributed by atoms with Gasteiger partial charge < -0.3 is 10.1 Å². The van der Waals surface area contributed by atoms with Crippen molar-refractivity contribution in [3.63, 3.8) is 0 Å². The second kappa shape index (κ2) is 6.73. The molecule has 1 aromatic heterocycles. The van der Waals surface area contributed by atoms with Gasteiger partial charge in [0.05, 0.1) is 17.2 Å². The van der Waals surface area contributed by atoms with Crippen LogP contribution in [0.1, 0.15) is 6.92 Å². The number of carbonyl (C=O) groups is 1. The lowest BCUT2D eigenvalue weighted by atomic mass is 10.3. The van der Waals surface area contributed by atoms with Gasteiger partial charge >= 0.3 is 0 Å². The minimum atomic E-state index is -1.20. The molecule has 1 N–H and O–H groups in total. The van der Waals surface area contributed by atoms with Crippen molar-refractivity contribution in [3.05, 3.63) is 42.0 Å². The summed E-state index contributed by atoms with van der Waals surface area (Å²) in [6.45, 7) is 1.63. The summed E-state index contributed by atoms with van der Waals surface area (Å²) < 4.78 is 44.5. The van der Waals surface area contributed by atoms with Gasteiger partial charge in [-0.25, -0.2) is 23.1 Å². The molecule has 22 heavy (non-hydrogen) atoms. The molecule has 1 aromatic carbocycles. The Labute approximate surface area is 131 Å². The Hall–Kier alpha value is -2.16. The first-order chi connectivity index (χ1) is 10.4. The molecule has 1 heterocycles. The topological polar surface area (TPSA) is 64.1 Å². The van der Waals surface area contributed by atoms with Crippen molar-refractivity contribution in [2.75, 3.05) is 5.32 Å². The van der Waals surface area contributed by atoms with E-state index in [2.05, 4.69) is 31.2 Å². The quantitative estimate of drug-likeness (QED) is 0.831. The number of nitrogens with zero attached hydrogens (tertiary/aromatic N) is 2. The lowest BCUT2D eigenvalue weighted by Gasteiger charge is -2.08. The molecule has 1 atom stereocenters. The van der Waals surface area contributed by atoms with Gasteiger partial charge in [0.25, 0.3) is 0 Å². The number of hydrogen-bond acceptors (Lipinski definition) is 4. The van der Waals surface area contributed by atoms with E-state index in [1.54, 1.807) is 6.92 Å². The number of amides is 1. The third kappa shape index (κ3) is 3.94. The van der Waals surface area contributed by atoms with Crippen molar-refractivity contribution in [2.24, 2.45) is 0 Å². The van der Waals surface area contributed by atoms with Crippen LogP contribution in [0.3, 0.4) is 0 Å². The first-order valence-electron chi connectivity index (χ1n) is 5.96. The van der Waals surface area contributed by atoms with Crippen LogP contribution in [0, 0.1) is 17.5 Å². The molecule has 0 unspecified atom stereocenters. The van der Waals surface area contributed by atoms with E-state index in [-0.39, 0.29) is 17.6 Å². The molecule has 0 saturated heterocycles. The highest BCUT2D eigenvalue weighted by molar-refractivity contribution is 9.10. The summed E-state index contributed by atoms with van der Waals surface area (Å²) in [5.74, 6) is -4.66. The predicted octanol–water partition coefficient (Wildman–Crippen LogP) is 3.41. The van der Waals surface area contributed by atoms with Crippen LogP contribution in [0.4, 0.5) is 19.0 Å². The summed E-state index contributed by atoms with van der Waals surface area (Å²) in [7, 11) is 0. The summed E-state index contributed by atoms with van der Waals surface area (Å²) in [5, 5.41) is 2.45. The lowest BCUT2D eigenvalue weighted by Crippen LogP contribution is -2.20. The smallest absolute Gasteiger partial charge is 0.239 e. The van der Waals surface area contributed by atoms with Crippen LogP contribution < -0.4 is 10.1 Å². The highest BCUT2D eigenvalue weighted by Gasteiger charge is 2.15. The number of ether oxygens (including phenoxy) is 1. The number of halogens is 4. The summed E-state index contributed by atoms with van der Waals surface area (Å²) in [6, 6.07) is 0.968. The van der Waals surface area contributed by atoms with Crippen LogP contribution in [-0.4, -0.2) is 20.7 Å². The van der Waals surface area contributed by atoms with E-state index >= 15 is 0 Å². The summed E-state index contributed by atoms with van der Waals surface area (Å²) >= 11 is 3.08. The van der Waals surface area contributed by atoms with Crippen LogP contribution >= 0.6 is 15.9 Å². The van der Waals surface area contributed by atoms with Gasteiger partial charge in [0.15, 0.2) is 17.5 Å². The largest absolute Gasteiger partial charge is 0.431 e. The molecule has 9 heteroatoms. The molecule has 2 aromatic rings. The fraction of sp³-hybridized carbons (Fsp3) is 0.154. The van der Waals surface area contributed by atoms with Crippen molar-refractivity contribution in [1.29, 1.82) is 0 Å². The summed E-state index contributed by atoms with van der Waals surface area (Å²) in [4.78, 5) is 18.6. The van der Waals surface area contributed by atoms with Crippen molar-refractivity contribution in [3.8, 4) is 11.6 Å². The average Bonchev–Trinajstić information content (AvgIpc) is 2.44. The van der Waals surface area contributed by atoms with E-state index in [1.807, 2.05) is 0 Å². The van der Waals surface area contributed by atoms with Crippen LogP contribution in [0.15, 0.2) is 24.5 Å². The Morgan fingerprint density at radius 2 is 1.86 bits per heavy atom. The summed E-state index contributed by atoms with van der Waals surface area (Å²) in [6.07, 6.45) is 2.22. The fourth-order valence-corrected chi connectivity index (χ4v) is 1.50. The molecule has 116 valence electrons. The molecular formula is C13H9BrF3N3O2. The second-order valence-electron chi connectivity index (χ2n) is 4.15. The number of alkyl halides is 1. The number of anilines is 1. The number of rotatable bonds is 4. The van der Waals surface area contributed by atoms with Gasteiger partial charge in [0.1, 0.15) is 5.82 Å². The minimum absolute atomic E-state index is 0.142. The fourth-order valence-electron chi connectivity index (χ4n) is 1.39. The highest BCUT2D eigenvalue weighted by Crippen LogP contribution is 2.27. The van der Waals surface area contributed by atoms with Crippen LogP contribution in [0.5, 0.6) is 11.6 Å². The normalized spacial score (nSPS) is 11.9. The van der Waals surface area contributed by atoms with Gasteiger partial charge in [0.2, 0.25) is 17.5 Å². The molecule has 0 spiro atoms. The van der Waals surface area contributed by atoms with Crippen molar-refractivity contribution < 1.29 is 22.7 Å². The maximum absolute atomic E-state index is 13.4. The van der Waals surface area contributed by atoms with E-state index in [0.29, 0.717) is 12.1 Å². The zero-order valence-electron chi connectivity index (χ0n) is 11.1. The molecular weight excluding hydrogens is 367 g/mol. The van der Waals surface area contributed by atoms with Crippen molar-refractivity contribution in [2.45, 2.75) is 11.8 Å². The molecule has 0 saturated carbocycles. The third-order valence-corrected chi connectivity index (χ3v) is 2.83. The third-order valence-electron chi connectivity index (χ3n) is 2.41. The molecule has 0 aliphatic rings. The van der Waals surface area contributed by atoms with Gasteiger partial charge in [0, 0.05) is 12.1 Å². The maximum Gasteiger partial charge on any atom is 0.239 e. The SMILES string of the molecule is C[C@@H](Br)C(=O)Nc1cnc(Oc2c(F)cc(F)cc2F)cn1. The molecule has 0 bridgehead atoms. The number of nitrogens with one attached hydrogen (secondary N) is 1. The second-order valence-corrected chi connectivity index (χ2v) is 5.52. The van der Waals surface area contributed by atoms with Gasteiger partial charge in [-0.15, -0.1) is 0 Å². The Morgan fingerprint density at radius 1 is 1.23 bits per heavy atom. The number of aromatic nitrogens is 2. The predicted molar refractivity (Wildman–Crippen MR) is 75.4 cm³/mol. The zero-order valence-corrected chi connectivity index (χ0v) is 12.7. The van der Waals surface area contributed by atoms with E-state index in [0.717, 1.165) is 12.4 Å². The highest BCUT2D eigenvalue weighted by atomic mass is 79.9. The Balaban J connectivity index is 2.14. The lowest BCUT2D eigenvalue weighted by molar-refractivity contribution is -0.115. The first-order valence-corrected chi connectivity index (χ1v) is 6.87. The molecule has 0 aliphatic carbocycles. The summed E-state index contributed by atoms with van der Waals surface area (Å²) in [5.41, 5.74) is 0. The Kier molecular flexibility index (Phi) is 4.96. The first kappa shape index (κ1) is 16.2. The standard InChI is InChI=1S/C13H9BrF3N3O2/c1-6(14)13(21)20-10-4-19-11(5-18-10)22-12-8(16)2-7(15)3-9(12)17/h2-6H,1H3,(H,18,20,21)/t6-/m1/s1. The Morgan fingerprint density at radius 3 is 2.36 bits per heavy atom. The van der Waals surface area contributed by atoms with Crippen LogP contribution in [-0.2, 0) is 4.79 Å². The maximum atomic E-state index is 13.4. The Bertz CT molecular complexity index is 672. The van der Waals surface area contributed by atoms with Gasteiger partial charge in [-0.2, -0.15) is 0 Å². The molecule has 5 nitrogen and oxygen atoms in total. The van der Waals surface area contributed by atoms with E-state index in [1.165, 1.54) is 0 Å². The molecule has 0 radical (unpaired) electrons. The van der Waals surface area contributed by atoms with Crippen molar-refractivity contribution >= 4 is 27.7 Å². The number of carbonyl (C=O) groups excluding carboxylic acids is 1. The molecule has 1 amide bonds. The van der Waals surface area contributed by atoms with E-state index in [9.17, 15) is 18.0 Å².